The molecule has 0 saturated carbocycles. The average Bonchev–Trinajstić information content (AvgIpc) is 3.24. The van der Waals surface area contributed by atoms with Crippen LogP contribution in [0.3, 0.4) is 0 Å². The van der Waals surface area contributed by atoms with Gasteiger partial charge in [0.05, 0.1) is 11.1 Å². The van der Waals surface area contributed by atoms with Gasteiger partial charge < -0.3 is 9.32 Å². The van der Waals surface area contributed by atoms with E-state index in [1.165, 1.54) is 6.07 Å². The van der Waals surface area contributed by atoms with Crippen LogP contribution in [0.1, 0.15) is 54.6 Å². The monoisotopic (exact) mass is 483 g/mol. The lowest BCUT2D eigenvalue weighted by molar-refractivity contribution is 0.0863. The summed E-state index contributed by atoms with van der Waals surface area (Å²) < 4.78 is 33.7. The molecule has 3 aromatic rings. The van der Waals surface area contributed by atoms with Crippen molar-refractivity contribution in [1.82, 2.24) is 13.8 Å². The number of oxazole rings is 1. The van der Waals surface area contributed by atoms with Crippen molar-refractivity contribution in [2.75, 3.05) is 19.6 Å². The van der Waals surface area contributed by atoms with Crippen LogP contribution in [-0.2, 0) is 10.0 Å². The van der Waals surface area contributed by atoms with E-state index in [1.54, 1.807) is 22.8 Å². The van der Waals surface area contributed by atoms with Crippen LogP contribution < -0.4 is 5.76 Å². The molecule has 5 rings (SSSR count). The number of piperidine rings is 1. The van der Waals surface area contributed by atoms with Gasteiger partial charge in [-0.05, 0) is 69.4 Å². The molecule has 2 aliphatic rings. The van der Waals surface area contributed by atoms with Gasteiger partial charge in [-0.15, -0.1) is 0 Å². The quantitative estimate of drug-likeness (QED) is 0.532. The molecule has 8 nitrogen and oxygen atoms in total. The largest absolute Gasteiger partial charge is 0.420 e. The van der Waals surface area contributed by atoms with Crippen LogP contribution in [0, 0.1) is 6.92 Å². The maximum atomic E-state index is 12.7. The van der Waals surface area contributed by atoms with Gasteiger partial charge in [0.1, 0.15) is 4.90 Å². The van der Waals surface area contributed by atoms with Crippen molar-refractivity contribution in [2.45, 2.75) is 56.5 Å². The Bertz CT molecular complexity index is 1400. The number of aryl methyl sites for hydroxylation is 1. The fourth-order valence-corrected chi connectivity index (χ4v) is 6.85. The number of aromatic nitrogens is 1. The third-order valence-corrected chi connectivity index (χ3v) is 8.99. The minimum Gasteiger partial charge on any atom is -0.408 e. The summed E-state index contributed by atoms with van der Waals surface area (Å²) in [6.45, 7) is 6.00. The molecule has 9 heteroatoms. The van der Waals surface area contributed by atoms with Crippen molar-refractivity contribution in [3.05, 3.63) is 64.1 Å². The maximum absolute atomic E-state index is 12.7. The molecule has 1 fully saturated rings. The average molecular weight is 484 g/mol. The number of benzene rings is 2. The van der Waals surface area contributed by atoms with Crippen LogP contribution in [0.4, 0.5) is 0 Å². The molecule has 1 saturated heterocycles. The van der Waals surface area contributed by atoms with Gasteiger partial charge in [-0.3, -0.25) is 9.36 Å². The van der Waals surface area contributed by atoms with E-state index in [0.717, 1.165) is 47.7 Å². The summed E-state index contributed by atoms with van der Waals surface area (Å²) in [6.07, 6.45) is 3.08. The predicted molar refractivity (Wildman–Crippen MR) is 128 cm³/mol. The predicted octanol–water partition coefficient (Wildman–Crippen LogP) is 3.55. The van der Waals surface area contributed by atoms with Gasteiger partial charge in [-0.25, -0.2) is 17.5 Å². The molecule has 0 bridgehead atoms. The molecule has 1 atom stereocenters. The molecule has 3 heterocycles. The van der Waals surface area contributed by atoms with Crippen LogP contribution in [0.5, 0.6) is 0 Å². The Balaban J connectivity index is 1.17. The zero-order valence-corrected chi connectivity index (χ0v) is 20.3. The number of rotatable bonds is 6. The maximum Gasteiger partial charge on any atom is 0.420 e. The first kappa shape index (κ1) is 22.9. The van der Waals surface area contributed by atoms with Crippen LogP contribution in [0.25, 0.3) is 11.1 Å². The number of amides is 1. The van der Waals surface area contributed by atoms with Crippen molar-refractivity contribution in [3.8, 4) is 0 Å². The van der Waals surface area contributed by atoms with E-state index in [9.17, 15) is 18.0 Å². The third kappa shape index (κ3) is 3.86. The molecule has 0 spiro atoms. The Labute approximate surface area is 198 Å². The van der Waals surface area contributed by atoms with Gasteiger partial charge in [0.15, 0.2) is 5.58 Å². The Morgan fingerprint density at radius 3 is 2.56 bits per heavy atom. The molecule has 0 radical (unpaired) electrons. The van der Waals surface area contributed by atoms with Crippen molar-refractivity contribution in [1.29, 1.82) is 0 Å². The zero-order chi connectivity index (χ0) is 24.0. The molecule has 34 heavy (non-hydrogen) atoms. The first-order chi connectivity index (χ1) is 16.3. The highest BCUT2D eigenvalue weighted by Gasteiger charge is 2.40. The topological polar surface area (TPSA) is 92.8 Å². The standard InChI is InChI=1S/C25H29N3O5S/c1-17-9-10-21-22(16-17)33-25(30)28(21)19-11-14-26(15-12-19)18(2)6-5-13-27-24(29)20-7-3-4-8-23(20)34(27,31)32/h3-4,7-10,16,18-19H,5-6,11-15H2,1-2H3. The van der Waals surface area contributed by atoms with E-state index in [2.05, 4.69) is 11.8 Å². The molecule has 1 unspecified atom stereocenters. The fourth-order valence-electron chi connectivity index (χ4n) is 5.24. The molecule has 1 amide bonds. The first-order valence-corrected chi connectivity index (χ1v) is 13.2. The molecule has 2 aromatic carbocycles. The van der Waals surface area contributed by atoms with Crippen LogP contribution in [0.15, 0.2) is 56.6 Å². The summed E-state index contributed by atoms with van der Waals surface area (Å²) in [7, 11) is -3.75. The van der Waals surface area contributed by atoms with E-state index in [1.807, 2.05) is 25.1 Å². The van der Waals surface area contributed by atoms with Crippen molar-refractivity contribution >= 4 is 27.0 Å². The summed E-state index contributed by atoms with van der Waals surface area (Å²) in [4.78, 5) is 27.6. The lowest BCUT2D eigenvalue weighted by Gasteiger charge is -2.36. The van der Waals surface area contributed by atoms with Crippen LogP contribution >= 0.6 is 0 Å². The minimum absolute atomic E-state index is 0.103. The second-order valence-corrected chi connectivity index (χ2v) is 11.2. The van der Waals surface area contributed by atoms with Crippen molar-refractivity contribution in [2.24, 2.45) is 0 Å². The fraction of sp³-hybridized carbons (Fsp3) is 0.440. The van der Waals surface area contributed by atoms with Gasteiger partial charge in [-0.2, -0.15) is 0 Å². The van der Waals surface area contributed by atoms with E-state index in [0.29, 0.717) is 12.0 Å². The number of nitrogens with zero attached hydrogens (tertiary/aromatic N) is 3. The van der Waals surface area contributed by atoms with Gasteiger partial charge in [-0.1, -0.05) is 18.2 Å². The Morgan fingerprint density at radius 2 is 1.82 bits per heavy atom. The number of fused-ring (bicyclic) bond motifs is 2. The highest BCUT2D eigenvalue weighted by atomic mass is 32.2. The summed E-state index contributed by atoms with van der Waals surface area (Å²) in [5.74, 6) is -0.735. The van der Waals surface area contributed by atoms with Gasteiger partial charge in [0, 0.05) is 31.7 Å². The number of carbonyl (C=O) groups is 1. The lowest BCUT2D eigenvalue weighted by atomic mass is 10.0. The second-order valence-electron chi connectivity index (χ2n) is 9.35. The second kappa shape index (κ2) is 8.70. The summed E-state index contributed by atoms with van der Waals surface area (Å²) in [5, 5.41) is 0. The first-order valence-electron chi connectivity index (χ1n) is 11.8. The third-order valence-electron chi connectivity index (χ3n) is 7.15. The molecule has 180 valence electrons. The molecule has 0 aliphatic carbocycles. The van der Waals surface area contributed by atoms with Crippen molar-refractivity contribution in [3.63, 3.8) is 0 Å². The SMILES string of the molecule is Cc1ccc2c(c1)oc(=O)n2C1CCN(C(C)CCCN2C(=O)c3ccccc3S2(=O)=O)CC1. The number of carbonyl (C=O) groups excluding carboxylic acids is 1. The van der Waals surface area contributed by atoms with E-state index >= 15 is 0 Å². The number of sulfonamides is 1. The summed E-state index contributed by atoms with van der Waals surface area (Å²) in [6, 6.07) is 12.6. The van der Waals surface area contributed by atoms with Crippen molar-refractivity contribution < 1.29 is 17.6 Å². The van der Waals surface area contributed by atoms with E-state index in [-0.39, 0.29) is 34.8 Å². The zero-order valence-electron chi connectivity index (χ0n) is 19.4. The van der Waals surface area contributed by atoms with Gasteiger partial charge in [0.2, 0.25) is 0 Å². The normalized spacial score (nSPS) is 19.6. The molecular weight excluding hydrogens is 454 g/mol. The number of hydrogen-bond acceptors (Lipinski definition) is 6. The van der Waals surface area contributed by atoms with Gasteiger partial charge in [0.25, 0.3) is 15.9 Å². The Hall–Kier alpha value is -2.91. The smallest absolute Gasteiger partial charge is 0.408 e. The minimum atomic E-state index is -3.75. The molecule has 0 N–H and O–H groups in total. The van der Waals surface area contributed by atoms with E-state index < -0.39 is 15.9 Å². The molecule has 1 aromatic heterocycles. The summed E-state index contributed by atoms with van der Waals surface area (Å²) in [5.41, 5.74) is 2.80. The number of hydrogen-bond donors (Lipinski definition) is 0. The van der Waals surface area contributed by atoms with Crippen LogP contribution in [-0.4, -0.2) is 53.8 Å². The highest BCUT2D eigenvalue weighted by molar-refractivity contribution is 7.90. The number of likely N-dealkylation sites (tertiary alicyclic amines) is 1. The van der Waals surface area contributed by atoms with Gasteiger partial charge >= 0.3 is 5.76 Å². The molecular formula is C25H29N3O5S. The molecule has 2 aliphatic heterocycles. The van der Waals surface area contributed by atoms with E-state index in [4.69, 9.17) is 4.42 Å². The van der Waals surface area contributed by atoms with Crippen LogP contribution in [0.2, 0.25) is 0 Å². The Kier molecular flexibility index (Phi) is 5.85. The Morgan fingerprint density at radius 1 is 1.09 bits per heavy atom. The lowest BCUT2D eigenvalue weighted by Crippen LogP contribution is -2.42. The highest BCUT2D eigenvalue weighted by Crippen LogP contribution is 2.31. The summed E-state index contributed by atoms with van der Waals surface area (Å²) >= 11 is 0.